The van der Waals surface area contributed by atoms with E-state index in [1.807, 2.05) is 48.5 Å². The van der Waals surface area contributed by atoms with E-state index in [9.17, 15) is 14.4 Å². The highest BCUT2D eigenvalue weighted by atomic mass is 32.1. The van der Waals surface area contributed by atoms with Gasteiger partial charge in [0.25, 0.3) is 5.56 Å². The molecule has 0 aliphatic carbocycles. The molecule has 2 heterocycles. The molecular weight excluding hydrogens is 452 g/mol. The number of nitrogens with two attached hydrogens (primary N) is 1. The summed E-state index contributed by atoms with van der Waals surface area (Å²) in [5.41, 5.74) is 7.75. The van der Waals surface area contributed by atoms with Crippen molar-refractivity contribution in [1.29, 1.82) is 0 Å². The molecule has 0 saturated carbocycles. The van der Waals surface area contributed by atoms with Gasteiger partial charge in [0, 0.05) is 0 Å². The van der Waals surface area contributed by atoms with Crippen LogP contribution < -0.4 is 20.5 Å². The molecule has 1 aliphatic heterocycles. The third kappa shape index (κ3) is 4.20. The molecule has 0 bridgehead atoms. The Labute approximate surface area is 200 Å². The van der Waals surface area contributed by atoms with Gasteiger partial charge in [-0.15, -0.1) is 11.3 Å². The second-order valence-corrected chi connectivity index (χ2v) is 8.49. The molecule has 0 saturated heterocycles. The van der Waals surface area contributed by atoms with Crippen molar-refractivity contribution in [2.45, 2.75) is 19.8 Å². The molecule has 8 heteroatoms. The van der Waals surface area contributed by atoms with Crippen LogP contribution in [0.5, 0.6) is 0 Å². The van der Waals surface area contributed by atoms with Crippen molar-refractivity contribution in [3.8, 4) is 0 Å². The monoisotopic (exact) mass is 476 g/mol. The summed E-state index contributed by atoms with van der Waals surface area (Å²) in [4.78, 5) is 39.8. The number of carbonyl (C=O) groups excluding carboxylic acids is 2. The lowest BCUT2D eigenvalue weighted by molar-refractivity contribution is -0.138. The molecule has 7 nitrogen and oxygen atoms in total. The van der Waals surface area contributed by atoms with E-state index in [1.54, 1.807) is 32.1 Å². The van der Waals surface area contributed by atoms with E-state index >= 15 is 0 Å². The summed E-state index contributed by atoms with van der Waals surface area (Å²) in [6.07, 6.45) is 1.73. The average Bonchev–Trinajstić information content (AvgIpc) is 3.16. The van der Waals surface area contributed by atoms with Gasteiger partial charge in [-0.3, -0.25) is 9.36 Å². The lowest BCUT2D eigenvalue weighted by atomic mass is 9.83. The Balaban J connectivity index is 2.11. The summed E-state index contributed by atoms with van der Waals surface area (Å²) < 4.78 is 12.6. The second-order valence-electron chi connectivity index (χ2n) is 7.46. The van der Waals surface area contributed by atoms with Crippen LogP contribution in [-0.4, -0.2) is 29.7 Å². The predicted molar refractivity (Wildman–Crippen MR) is 131 cm³/mol. The first-order valence-electron chi connectivity index (χ1n) is 10.9. The summed E-state index contributed by atoms with van der Waals surface area (Å²) in [7, 11) is 0. The van der Waals surface area contributed by atoms with Crippen molar-refractivity contribution in [2.75, 3.05) is 13.2 Å². The van der Waals surface area contributed by atoms with Crippen LogP contribution in [0, 0.1) is 0 Å². The van der Waals surface area contributed by atoms with Crippen LogP contribution in [0.25, 0.3) is 17.5 Å². The molecule has 2 aromatic carbocycles. The fourth-order valence-electron chi connectivity index (χ4n) is 3.94. The van der Waals surface area contributed by atoms with Gasteiger partial charge in [0.05, 0.1) is 34.8 Å². The van der Waals surface area contributed by atoms with Gasteiger partial charge in [0.15, 0.2) is 0 Å². The van der Waals surface area contributed by atoms with Gasteiger partial charge in [-0.1, -0.05) is 60.7 Å². The van der Waals surface area contributed by atoms with Crippen molar-refractivity contribution in [3.63, 3.8) is 0 Å². The Hall–Kier alpha value is -3.91. The molecule has 0 radical (unpaired) electrons. The highest BCUT2D eigenvalue weighted by Gasteiger charge is 2.39. The maximum atomic E-state index is 13.4. The fraction of sp³-hybridized carbons (Fsp3) is 0.192. The molecule has 34 heavy (non-hydrogen) atoms. The van der Waals surface area contributed by atoms with Gasteiger partial charge >= 0.3 is 11.9 Å². The van der Waals surface area contributed by atoms with Gasteiger partial charge in [-0.2, -0.15) is 0 Å². The molecule has 3 aromatic rings. The number of aromatic nitrogens is 1. The number of benzene rings is 2. The average molecular weight is 477 g/mol. The van der Waals surface area contributed by atoms with E-state index in [2.05, 4.69) is 0 Å². The lowest BCUT2D eigenvalue weighted by Crippen LogP contribution is -2.42. The van der Waals surface area contributed by atoms with Crippen LogP contribution in [0.2, 0.25) is 0 Å². The lowest BCUT2D eigenvalue weighted by Gasteiger charge is -2.27. The summed E-state index contributed by atoms with van der Waals surface area (Å²) >= 11 is 1.14. The SMILES string of the molecule is CCOC(=O)C1=C(N)n2c(s/c(=C/c3ccccc3)c2=O)=C(C(=O)OCC)[C@@H]1c1ccccc1. The zero-order valence-electron chi connectivity index (χ0n) is 18.8. The molecule has 0 amide bonds. The maximum absolute atomic E-state index is 13.4. The number of rotatable bonds is 6. The highest BCUT2D eigenvalue weighted by Crippen LogP contribution is 2.37. The van der Waals surface area contributed by atoms with Crippen molar-refractivity contribution < 1.29 is 19.1 Å². The topological polar surface area (TPSA) is 101 Å². The van der Waals surface area contributed by atoms with Crippen LogP contribution in [-0.2, 0) is 19.1 Å². The summed E-state index contributed by atoms with van der Waals surface area (Å²) in [6, 6.07) is 18.4. The molecule has 1 aliphatic rings. The minimum Gasteiger partial charge on any atom is -0.463 e. The van der Waals surface area contributed by atoms with E-state index in [-0.39, 0.29) is 30.2 Å². The summed E-state index contributed by atoms with van der Waals surface area (Å²) in [5.74, 6) is -2.20. The second kappa shape index (κ2) is 9.93. The number of hydrogen-bond donors (Lipinski definition) is 1. The van der Waals surface area contributed by atoms with Gasteiger partial charge < -0.3 is 15.2 Å². The Bertz CT molecular complexity index is 1440. The zero-order valence-corrected chi connectivity index (χ0v) is 19.6. The number of hydrogen-bond acceptors (Lipinski definition) is 7. The number of carbonyl (C=O) groups is 2. The molecule has 1 aromatic heterocycles. The Kier molecular flexibility index (Phi) is 6.79. The molecular formula is C26H24N2O5S. The van der Waals surface area contributed by atoms with Gasteiger partial charge in [0.1, 0.15) is 10.5 Å². The third-order valence-corrected chi connectivity index (χ3v) is 6.48. The predicted octanol–water partition coefficient (Wildman–Crippen LogP) is 1.94. The van der Waals surface area contributed by atoms with Crippen molar-refractivity contribution in [1.82, 2.24) is 4.57 Å². The normalized spacial score (nSPS) is 15.8. The number of thiazole rings is 1. The number of nitrogens with zero attached hydrogens (tertiary/aromatic N) is 1. The molecule has 174 valence electrons. The van der Waals surface area contributed by atoms with Gasteiger partial charge in [-0.05, 0) is 31.1 Å². The standard InChI is InChI=1S/C26H24N2O5S/c1-3-32-25(30)20-19(17-13-9-6-10-14-17)21(26(31)33-4-2)24-28(22(20)27)23(29)18(34-24)15-16-11-7-5-8-12-16/h5-15,19H,3-4,27H2,1-2H3/b18-15+/t19-/m1/s1. The van der Waals surface area contributed by atoms with Crippen molar-refractivity contribution in [2.24, 2.45) is 5.73 Å². The summed E-state index contributed by atoms with van der Waals surface area (Å²) in [5, 5.41) is 0. The van der Waals surface area contributed by atoms with E-state index in [1.165, 1.54) is 4.57 Å². The summed E-state index contributed by atoms with van der Waals surface area (Å²) in [6.45, 7) is 3.63. The number of ether oxygens (including phenoxy) is 2. The first kappa shape index (κ1) is 23.3. The molecule has 1 atom stereocenters. The van der Waals surface area contributed by atoms with Gasteiger partial charge in [-0.25, -0.2) is 9.59 Å². The molecule has 4 rings (SSSR count). The molecule has 0 spiro atoms. The minimum absolute atomic E-state index is 0.0368. The Morgan fingerprint density at radius 1 is 0.941 bits per heavy atom. The van der Waals surface area contributed by atoms with Crippen molar-refractivity contribution in [3.05, 3.63) is 96.9 Å². The van der Waals surface area contributed by atoms with Crippen LogP contribution in [0.1, 0.15) is 30.9 Å². The van der Waals surface area contributed by atoms with Crippen LogP contribution in [0.4, 0.5) is 0 Å². The molecule has 2 N–H and O–H groups in total. The van der Waals surface area contributed by atoms with E-state index < -0.39 is 23.4 Å². The fourth-order valence-corrected chi connectivity index (χ4v) is 5.11. The minimum atomic E-state index is -0.845. The van der Waals surface area contributed by atoms with E-state index in [0.717, 1.165) is 16.9 Å². The molecule has 0 fully saturated rings. The Morgan fingerprint density at radius 3 is 2.09 bits per heavy atom. The van der Waals surface area contributed by atoms with E-state index in [0.29, 0.717) is 14.8 Å². The van der Waals surface area contributed by atoms with Crippen LogP contribution in [0.3, 0.4) is 0 Å². The molecule has 0 unspecified atom stereocenters. The largest absolute Gasteiger partial charge is 0.463 e. The smallest absolute Gasteiger partial charge is 0.338 e. The number of esters is 2. The quantitative estimate of drug-likeness (QED) is 0.546. The van der Waals surface area contributed by atoms with Crippen molar-refractivity contribution >= 4 is 40.7 Å². The zero-order chi connectivity index (χ0) is 24.2. The maximum Gasteiger partial charge on any atom is 0.338 e. The Morgan fingerprint density at radius 2 is 1.50 bits per heavy atom. The van der Waals surface area contributed by atoms with Crippen LogP contribution in [0.15, 0.2) is 71.0 Å². The number of fused-ring (bicyclic) bond motifs is 1. The first-order chi connectivity index (χ1) is 16.5. The third-order valence-electron chi connectivity index (χ3n) is 5.37. The first-order valence-corrected chi connectivity index (χ1v) is 11.7. The highest BCUT2D eigenvalue weighted by molar-refractivity contribution is 7.07. The van der Waals surface area contributed by atoms with Gasteiger partial charge in [0.2, 0.25) is 0 Å². The van der Waals surface area contributed by atoms with Crippen LogP contribution >= 0.6 is 11.3 Å². The van der Waals surface area contributed by atoms with E-state index in [4.69, 9.17) is 15.2 Å².